The molecule has 1 fully saturated rings. The third-order valence-corrected chi connectivity index (χ3v) is 4.45. The summed E-state index contributed by atoms with van der Waals surface area (Å²) >= 11 is 0. The summed E-state index contributed by atoms with van der Waals surface area (Å²) in [6.07, 6.45) is 4.02. The van der Waals surface area contributed by atoms with Gasteiger partial charge in [-0.2, -0.15) is 4.98 Å². The molecule has 0 radical (unpaired) electrons. The van der Waals surface area contributed by atoms with Crippen molar-refractivity contribution in [1.29, 1.82) is 0 Å². The van der Waals surface area contributed by atoms with Gasteiger partial charge < -0.3 is 19.9 Å². The highest BCUT2D eigenvalue weighted by atomic mass is 35.5. The van der Waals surface area contributed by atoms with Gasteiger partial charge >= 0.3 is 0 Å². The van der Waals surface area contributed by atoms with Crippen LogP contribution < -0.4 is 15.4 Å². The molecule has 2 N–H and O–H groups in total. The summed E-state index contributed by atoms with van der Waals surface area (Å²) in [4.78, 5) is 20.7. The Labute approximate surface area is 174 Å². The van der Waals surface area contributed by atoms with Gasteiger partial charge in [0.05, 0.1) is 11.6 Å². The average Bonchev–Trinajstić information content (AvgIpc) is 3.42. The largest absolute Gasteiger partial charge is 0.438 e. The monoisotopic (exact) mass is 415 g/mol. The van der Waals surface area contributed by atoms with Gasteiger partial charge in [0.25, 0.3) is 0 Å². The molecule has 1 amide bonds. The summed E-state index contributed by atoms with van der Waals surface area (Å²) in [7, 11) is 0. The van der Waals surface area contributed by atoms with E-state index in [2.05, 4.69) is 25.8 Å². The number of hydrogen-bond donors (Lipinski definition) is 2. The maximum Gasteiger partial charge on any atom is 0.237 e. The van der Waals surface area contributed by atoms with Crippen LogP contribution in [-0.2, 0) is 11.2 Å². The summed E-state index contributed by atoms with van der Waals surface area (Å²) in [5, 5.41) is 10.1. The van der Waals surface area contributed by atoms with E-state index in [0.717, 1.165) is 19.4 Å². The van der Waals surface area contributed by atoms with Crippen molar-refractivity contribution in [2.24, 2.45) is 0 Å². The average molecular weight is 416 g/mol. The zero-order chi connectivity index (χ0) is 19.2. The van der Waals surface area contributed by atoms with Crippen LogP contribution in [0.15, 0.2) is 53.2 Å². The van der Waals surface area contributed by atoms with Crippen molar-refractivity contribution < 1.29 is 14.1 Å². The molecule has 3 aromatic rings. The van der Waals surface area contributed by atoms with Crippen molar-refractivity contribution in [3.63, 3.8) is 0 Å². The molecule has 0 bridgehead atoms. The van der Waals surface area contributed by atoms with E-state index >= 15 is 0 Å². The zero-order valence-electron chi connectivity index (χ0n) is 15.7. The molecule has 8 nitrogen and oxygen atoms in total. The second kappa shape index (κ2) is 9.99. The highest BCUT2D eigenvalue weighted by molar-refractivity contribution is 5.85. The molecule has 1 aliphatic rings. The fourth-order valence-corrected chi connectivity index (χ4v) is 3.03. The summed E-state index contributed by atoms with van der Waals surface area (Å²) in [5.41, 5.74) is 0.639. The molecule has 29 heavy (non-hydrogen) atoms. The molecular weight excluding hydrogens is 394 g/mol. The number of para-hydroxylation sites is 1. The maximum absolute atomic E-state index is 12.0. The third-order valence-electron chi connectivity index (χ3n) is 4.45. The Balaban J connectivity index is 0.00000240. The van der Waals surface area contributed by atoms with Crippen LogP contribution in [0.3, 0.4) is 0 Å². The van der Waals surface area contributed by atoms with Gasteiger partial charge in [-0.15, -0.1) is 12.4 Å². The molecule has 1 saturated heterocycles. The number of pyridine rings is 1. The van der Waals surface area contributed by atoms with Crippen LogP contribution in [0, 0.1) is 0 Å². The van der Waals surface area contributed by atoms with E-state index in [1.165, 1.54) is 0 Å². The van der Waals surface area contributed by atoms with E-state index in [1.807, 2.05) is 36.4 Å². The number of rotatable bonds is 7. The lowest BCUT2D eigenvalue weighted by Crippen LogP contribution is -2.41. The predicted molar refractivity (Wildman–Crippen MR) is 109 cm³/mol. The van der Waals surface area contributed by atoms with Gasteiger partial charge in [-0.3, -0.25) is 4.79 Å². The minimum atomic E-state index is -0.0914. The minimum Gasteiger partial charge on any atom is -0.438 e. The standard InChI is InChI=1S/C20H21N5O3.ClH/c26-19(16-9-5-11-21-16)22-13-10-17-24-18(25-28-17)15-8-4-12-23-20(15)27-14-6-2-1-3-7-14;/h1-4,6-8,12,16,21H,5,9-11,13H2,(H,22,26);1H. The van der Waals surface area contributed by atoms with Gasteiger partial charge in [-0.05, 0) is 43.7 Å². The molecule has 9 heteroatoms. The van der Waals surface area contributed by atoms with Gasteiger partial charge in [0.1, 0.15) is 5.75 Å². The Morgan fingerprint density at radius 2 is 2.10 bits per heavy atom. The van der Waals surface area contributed by atoms with Crippen LogP contribution in [0.2, 0.25) is 0 Å². The van der Waals surface area contributed by atoms with Gasteiger partial charge in [0, 0.05) is 19.2 Å². The Morgan fingerprint density at radius 3 is 2.90 bits per heavy atom. The van der Waals surface area contributed by atoms with Gasteiger partial charge in [-0.25, -0.2) is 4.98 Å². The molecule has 0 spiro atoms. The highest BCUT2D eigenvalue weighted by Gasteiger charge is 2.21. The molecule has 1 unspecified atom stereocenters. The van der Waals surface area contributed by atoms with Crippen molar-refractivity contribution >= 4 is 18.3 Å². The van der Waals surface area contributed by atoms with Crippen LogP contribution in [0.5, 0.6) is 11.6 Å². The normalized spacial score (nSPS) is 15.5. The van der Waals surface area contributed by atoms with Crippen molar-refractivity contribution in [2.75, 3.05) is 13.1 Å². The number of carbonyl (C=O) groups excluding carboxylic acids is 1. The van der Waals surface area contributed by atoms with Crippen molar-refractivity contribution in [3.05, 3.63) is 54.6 Å². The number of ether oxygens (including phenoxy) is 1. The molecule has 0 aliphatic carbocycles. The fourth-order valence-electron chi connectivity index (χ4n) is 3.03. The first-order valence-electron chi connectivity index (χ1n) is 9.31. The molecule has 152 valence electrons. The topological polar surface area (TPSA) is 102 Å². The quantitative estimate of drug-likeness (QED) is 0.611. The fraction of sp³-hybridized carbons (Fsp3) is 0.300. The number of amides is 1. The molecule has 2 aromatic heterocycles. The SMILES string of the molecule is Cl.O=C(NCCc1nc(-c2cccnc2Oc2ccccc2)no1)C1CCCN1. The Morgan fingerprint density at radius 1 is 1.24 bits per heavy atom. The number of nitrogens with one attached hydrogen (secondary N) is 2. The van der Waals surface area contributed by atoms with Crippen molar-refractivity contribution in [2.45, 2.75) is 25.3 Å². The summed E-state index contributed by atoms with van der Waals surface area (Å²) in [6.45, 7) is 1.34. The number of carbonyl (C=O) groups is 1. The molecule has 1 aromatic carbocycles. The van der Waals surface area contributed by atoms with Gasteiger partial charge in [0.15, 0.2) is 0 Å². The van der Waals surface area contributed by atoms with Crippen molar-refractivity contribution in [3.8, 4) is 23.0 Å². The first-order chi connectivity index (χ1) is 13.8. The first-order valence-corrected chi connectivity index (χ1v) is 9.31. The highest BCUT2D eigenvalue weighted by Crippen LogP contribution is 2.29. The van der Waals surface area contributed by atoms with E-state index in [9.17, 15) is 4.79 Å². The lowest BCUT2D eigenvalue weighted by molar-refractivity contribution is -0.122. The Hall–Kier alpha value is -2.97. The smallest absolute Gasteiger partial charge is 0.237 e. The van der Waals surface area contributed by atoms with E-state index in [-0.39, 0.29) is 24.4 Å². The van der Waals surface area contributed by atoms with Crippen molar-refractivity contribution in [1.82, 2.24) is 25.8 Å². The zero-order valence-corrected chi connectivity index (χ0v) is 16.5. The van der Waals surface area contributed by atoms with Crippen LogP contribution in [0.25, 0.3) is 11.4 Å². The summed E-state index contributed by atoms with van der Waals surface area (Å²) in [6, 6.07) is 12.9. The molecule has 3 heterocycles. The van der Waals surface area contributed by atoms with Gasteiger partial charge in [0.2, 0.25) is 23.5 Å². The van der Waals surface area contributed by atoms with E-state index < -0.39 is 0 Å². The number of benzene rings is 1. The number of halogens is 1. The van der Waals surface area contributed by atoms with Crippen LogP contribution in [0.4, 0.5) is 0 Å². The van der Waals surface area contributed by atoms with E-state index in [4.69, 9.17) is 9.26 Å². The maximum atomic E-state index is 12.0. The minimum absolute atomic E-state index is 0. The predicted octanol–water partition coefficient (Wildman–Crippen LogP) is 2.76. The van der Waals surface area contributed by atoms with E-state index in [1.54, 1.807) is 12.3 Å². The summed E-state index contributed by atoms with van der Waals surface area (Å²) < 4.78 is 11.2. The first kappa shape index (κ1) is 20.8. The molecular formula is C20H22ClN5O3. The third kappa shape index (κ3) is 5.30. The van der Waals surface area contributed by atoms with Crippen LogP contribution in [-0.4, -0.2) is 40.2 Å². The second-order valence-electron chi connectivity index (χ2n) is 6.47. The second-order valence-corrected chi connectivity index (χ2v) is 6.47. The van der Waals surface area contributed by atoms with E-state index in [0.29, 0.717) is 41.9 Å². The van der Waals surface area contributed by atoms with Crippen LogP contribution in [0.1, 0.15) is 18.7 Å². The number of hydrogen-bond acceptors (Lipinski definition) is 7. The van der Waals surface area contributed by atoms with Gasteiger partial charge in [-0.1, -0.05) is 23.4 Å². The Bertz CT molecular complexity index is 929. The van der Waals surface area contributed by atoms with Crippen LogP contribution >= 0.6 is 12.4 Å². The molecule has 1 atom stereocenters. The molecule has 1 aliphatic heterocycles. The number of nitrogens with zero attached hydrogens (tertiary/aromatic N) is 3. The molecule has 4 rings (SSSR count). The number of aromatic nitrogens is 3. The summed E-state index contributed by atoms with van der Waals surface area (Å²) in [5.74, 6) is 1.95. The molecule has 0 saturated carbocycles. The lowest BCUT2D eigenvalue weighted by atomic mass is 10.2. The Kier molecular flexibility index (Phi) is 7.15. The lowest BCUT2D eigenvalue weighted by Gasteiger charge is -2.09.